The first-order chi connectivity index (χ1) is 11.5. The minimum Gasteiger partial charge on any atom is -0.482 e. The van der Waals surface area contributed by atoms with Crippen molar-refractivity contribution in [2.24, 2.45) is 0 Å². The van der Waals surface area contributed by atoms with Crippen LogP contribution < -0.4 is 15.0 Å². The Morgan fingerprint density at radius 2 is 2.00 bits per heavy atom. The Labute approximate surface area is 139 Å². The summed E-state index contributed by atoms with van der Waals surface area (Å²) in [6, 6.07) is 11.1. The number of hydrogen-bond donors (Lipinski definition) is 1. The van der Waals surface area contributed by atoms with Crippen LogP contribution in [0.15, 0.2) is 42.5 Å². The fourth-order valence-electron chi connectivity index (χ4n) is 2.53. The molecule has 0 unspecified atom stereocenters. The van der Waals surface area contributed by atoms with Gasteiger partial charge in [-0.15, -0.1) is 0 Å². The molecular weight excluding hydrogens is 311 g/mol. The van der Waals surface area contributed by atoms with Crippen LogP contribution in [0.4, 0.5) is 15.8 Å². The standard InChI is InChI=1S/C18H17FN2O3/c1-12-2-7-16-15(10-12)21(18(23)11-24-16)9-8-17(22)20-14-5-3-13(19)4-6-14/h2-7,10H,8-9,11H2,1H3,(H,20,22). The molecular formula is C18H17FN2O3. The first kappa shape index (κ1) is 16.0. The van der Waals surface area contributed by atoms with Gasteiger partial charge in [0.15, 0.2) is 6.61 Å². The number of carbonyl (C=O) groups excluding carboxylic acids is 2. The van der Waals surface area contributed by atoms with Crippen molar-refractivity contribution in [2.45, 2.75) is 13.3 Å². The third-order valence-electron chi connectivity index (χ3n) is 3.75. The number of rotatable bonds is 4. The Bertz CT molecular complexity index is 774. The van der Waals surface area contributed by atoms with Crippen molar-refractivity contribution in [3.8, 4) is 5.75 Å². The molecule has 5 nitrogen and oxygen atoms in total. The molecule has 24 heavy (non-hydrogen) atoms. The summed E-state index contributed by atoms with van der Waals surface area (Å²) < 4.78 is 18.3. The molecule has 1 aliphatic heterocycles. The highest BCUT2D eigenvalue weighted by atomic mass is 19.1. The summed E-state index contributed by atoms with van der Waals surface area (Å²) in [4.78, 5) is 25.7. The lowest BCUT2D eigenvalue weighted by atomic mass is 10.1. The number of ether oxygens (including phenoxy) is 1. The minimum atomic E-state index is -0.362. The van der Waals surface area contributed by atoms with Gasteiger partial charge in [0.25, 0.3) is 5.91 Å². The normalized spacial score (nSPS) is 13.2. The topological polar surface area (TPSA) is 58.6 Å². The summed E-state index contributed by atoms with van der Waals surface area (Å²) in [6.45, 7) is 2.15. The third-order valence-corrected chi connectivity index (χ3v) is 3.75. The molecule has 1 N–H and O–H groups in total. The summed E-state index contributed by atoms with van der Waals surface area (Å²) in [5, 5.41) is 2.68. The number of fused-ring (bicyclic) bond motifs is 1. The smallest absolute Gasteiger partial charge is 0.265 e. The second kappa shape index (κ2) is 6.70. The molecule has 2 amide bonds. The number of anilines is 2. The van der Waals surface area contributed by atoms with Gasteiger partial charge in [0.2, 0.25) is 5.91 Å². The molecule has 0 bridgehead atoms. The van der Waals surface area contributed by atoms with E-state index in [0.29, 0.717) is 17.1 Å². The Hall–Kier alpha value is -2.89. The predicted octanol–water partition coefficient (Wildman–Crippen LogP) is 2.89. The fraction of sp³-hybridized carbons (Fsp3) is 0.222. The summed E-state index contributed by atoms with van der Waals surface area (Å²) in [7, 11) is 0. The van der Waals surface area contributed by atoms with Crippen LogP contribution in [-0.4, -0.2) is 25.0 Å². The van der Waals surface area contributed by atoms with Crippen LogP contribution in [0, 0.1) is 12.7 Å². The van der Waals surface area contributed by atoms with Crippen molar-refractivity contribution < 1.29 is 18.7 Å². The van der Waals surface area contributed by atoms with Gasteiger partial charge < -0.3 is 15.0 Å². The Kier molecular flexibility index (Phi) is 4.46. The first-order valence-electron chi connectivity index (χ1n) is 7.62. The van der Waals surface area contributed by atoms with E-state index in [9.17, 15) is 14.0 Å². The summed E-state index contributed by atoms with van der Waals surface area (Å²) in [5.41, 5.74) is 2.21. The molecule has 2 aromatic carbocycles. The van der Waals surface area contributed by atoms with Crippen LogP contribution in [0.3, 0.4) is 0 Å². The average molecular weight is 328 g/mol. The number of halogens is 1. The molecule has 0 saturated carbocycles. The number of benzene rings is 2. The highest BCUT2D eigenvalue weighted by molar-refractivity contribution is 5.99. The maximum atomic E-state index is 12.9. The lowest BCUT2D eigenvalue weighted by Gasteiger charge is -2.29. The predicted molar refractivity (Wildman–Crippen MR) is 88.7 cm³/mol. The highest BCUT2D eigenvalue weighted by Crippen LogP contribution is 2.32. The summed E-state index contributed by atoms with van der Waals surface area (Å²) >= 11 is 0. The van der Waals surface area contributed by atoms with Gasteiger partial charge in [-0.1, -0.05) is 6.07 Å². The minimum absolute atomic E-state index is 0.0321. The monoisotopic (exact) mass is 328 g/mol. The zero-order chi connectivity index (χ0) is 17.1. The van der Waals surface area contributed by atoms with E-state index < -0.39 is 0 Å². The van der Waals surface area contributed by atoms with E-state index in [1.807, 2.05) is 25.1 Å². The van der Waals surface area contributed by atoms with Crippen LogP contribution in [0.2, 0.25) is 0 Å². The Morgan fingerprint density at radius 1 is 1.25 bits per heavy atom. The van der Waals surface area contributed by atoms with Gasteiger partial charge in [-0.05, 0) is 48.9 Å². The van der Waals surface area contributed by atoms with E-state index in [4.69, 9.17) is 4.74 Å². The molecule has 0 aliphatic carbocycles. The van der Waals surface area contributed by atoms with Gasteiger partial charge in [-0.2, -0.15) is 0 Å². The molecule has 3 rings (SSSR count). The van der Waals surface area contributed by atoms with Gasteiger partial charge in [0, 0.05) is 18.7 Å². The number of hydrogen-bond acceptors (Lipinski definition) is 3. The SMILES string of the molecule is Cc1ccc2c(c1)N(CCC(=O)Nc1ccc(F)cc1)C(=O)CO2. The van der Waals surface area contributed by atoms with Crippen LogP contribution in [0.25, 0.3) is 0 Å². The first-order valence-corrected chi connectivity index (χ1v) is 7.62. The van der Waals surface area contributed by atoms with Crippen molar-refractivity contribution in [3.05, 3.63) is 53.8 Å². The molecule has 0 aromatic heterocycles. The molecule has 124 valence electrons. The molecule has 1 heterocycles. The average Bonchev–Trinajstić information content (AvgIpc) is 2.56. The van der Waals surface area contributed by atoms with E-state index >= 15 is 0 Å². The zero-order valence-corrected chi connectivity index (χ0v) is 13.2. The van der Waals surface area contributed by atoms with Crippen LogP contribution >= 0.6 is 0 Å². The Morgan fingerprint density at radius 3 is 2.75 bits per heavy atom. The van der Waals surface area contributed by atoms with Gasteiger partial charge in [0.1, 0.15) is 11.6 Å². The molecule has 0 atom stereocenters. The number of aryl methyl sites for hydroxylation is 1. The molecule has 1 aliphatic rings. The van der Waals surface area contributed by atoms with E-state index in [2.05, 4.69) is 5.32 Å². The van der Waals surface area contributed by atoms with Crippen molar-refractivity contribution in [3.63, 3.8) is 0 Å². The number of nitrogens with one attached hydrogen (secondary N) is 1. The van der Waals surface area contributed by atoms with Gasteiger partial charge >= 0.3 is 0 Å². The van der Waals surface area contributed by atoms with E-state index in [-0.39, 0.29) is 37.2 Å². The van der Waals surface area contributed by atoms with Crippen molar-refractivity contribution >= 4 is 23.2 Å². The van der Waals surface area contributed by atoms with Gasteiger partial charge in [-0.3, -0.25) is 9.59 Å². The van der Waals surface area contributed by atoms with E-state index in [1.165, 1.54) is 24.3 Å². The van der Waals surface area contributed by atoms with E-state index in [0.717, 1.165) is 5.56 Å². The maximum Gasteiger partial charge on any atom is 0.265 e. The molecule has 0 saturated heterocycles. The molecule has 0 fully saturated rings. The summed E-state index contributed by atoms with van der Waals surface area (Å²) in [5.74, 6) is -0.143. The number of carbonyl (C=O) groups is 2. The van der Waals surface area contributed by atoms with Crippen LogP contribution in [0.5, 0.6) is 5.75 Å². The molecule has 0 radical (unpaired) electrons. The lowest BCUT2D eigenvalue weighted by Crippen LogP contribution is -2.40. The lowest BCUT2D eigenvalue weighted by molar-refractivity contribution is -0.121. The second-order valence-electron chi connectivity index (χ2n) is 5.61. The summed E-state index contributed by atoms with van der Waals surface area (Å²) in [6.07, 6.45) is 0.135. The highest BCUT2D eigenvalue weighted by Gasteiger charge is 2.25. The fourth-order valence-corrected chi connectivity index (χ4v) is 2.53. The van der Waals surface area contributed by atoms with Crippen LogP contribution in [0.1, 0.15) is 12.0 Å². The maximum absolute atomic E-state index is 12.9. The third kappa shape index (κ3) is 3.53. The second-order valence-corrected chi connectivity index (χ2v) is 5.61. The van der Waals surface area contributed by atoms with Crippen molar-refractivity contribution in [1.82, 2.24) is 0 Å². The number of nitrogens with zero attached hydrogens (tertiary/aromatic N) is 1. The van der Waals surface area contributed by atoms with Crippen molar-refractivity contribution in [1.29, 1.82) is 0 Å². The Balaban J connectivity index is 1.65. The zero-order valence-electron chi connectivity index (χ0n) is 13.2. The van der Waals surface area contributed by atoms with Crippen LogP contribution in [-0.2, 0) is 9.59 Å². The number of amides is 2. The molecule has 6 heteroatoms. The van der Waals surface area contributed by atoms with Gasteiger partial charge in [-0.25, -0.2) is 4.39 Å². The van der Waals surface area contributed by atoms with E-state index in [1.54, 1.807) is 4.90 Å². The molecule has 0 spiro atoms. The largest absolute Gasteiger partial charge is 0.482 e. The molecule has 2 aromatic rings. The van der Waals surface area contributed by atoms with Crippen molar-refractivity contribution in [2.75, 3.05) is 23.4 Å². The van der Waals surface area contributed by atoms with Gasteiger partial charge in [0.05, 0.1) is 5.69 Å². The quantitative estimate of drug-likeness (QED) is 0.939.